The molecule has 0 fully saturated rings. The first-order chi connectivity index (χ1) is 5.27. The van der Waals surface area contributed by atoms with Crippen LogP contribution in [0.15, 0.2) is 33.2 Å². The van der Waals surface area contributed by atoms with Crippen molar-refractivity contribution >= 4 is 38.5 Å². The van der Waals surface area contributed by atoms with Crippen molar-refractivity contribution < 1.29 is 4.42 Å². The fourth-order valence-electron chi connectivity index (χ4n) is 0.996. The smallest absolute Gasteiger partial charge is 0.194 e. The van der Waals surface area contributed by atoms with Crippen molar-refractivity contribution in [2.45, 2.75) is 0 Å². The van der Waals surface area contributed by atoms with Gasteiger partial charge in [0.15, 0.2) is 5.22 Å². The summed E-state index contributed by atoms with van der Waals surface area (Å²) in [4.78, 5) is 0. The quantitative estimate of drug-likeness (QED) is 0.671. The summed E-state index contributed by atoms with van der Waals surface area (Å²) in [7, 11) is 0. The Hall–Kier alpha value is -0.470. The zero-order valence-corrected chi connectivity index (χ0v) is 7.82. The first-order valence-corrected chi connectivity index (χ1v) is 4.28. The third kappa shape index (κ3) is 1.17. The van der Waals surface area contributed by atoms with Crippen molar-refractivity contribution in [2.24, 2.45) is 0 Å². The second-order valence-electron chi connectivity index (χ2n) is 2.21. The lowest BCUT2D eigenvalue weighted by Gasteiger charge is -1.88. The Morgan fingerprint density at radius 1 is 1.36 bits per heavy atom. The molecule has 0 amide bonds. The number of fused-ring (bicyclic) bond motifs is 1. The maximum Gasteiger partial charge on any atom is 0.194 e. The molecule has 0 saturated heterocycles. The molecule has 0 bridgehead atoms. The van der Waals surface area contributed by atoms with Crippen LogP contribution in [0.4, 0.5) is 0 Å². The molecule has 0 N–H and O–H groups in total. The zero-order valence-electron chi connectivity index (χ0n) is 5.47. The third-order valence-electron chi connectivity index (χ3n) is 1.47. The van der Waals surface area contributed by atoms with Crippen LogP contribution in [-0.2, 0) is 0 Å². The molecular weight excluding hydrogens is 227 g/mol. The molecule has 0 aliphatic carbocycles. The highest BCUT2D eigenvalue weighted by atomic mass is 79.9. The maximum absolute atomic E-state index is 5.67. The van der Waals surface area contributed by atoms with Crippen LogP contribution in [0.2, 0.25) is 5.22 Å². The Labute approximate surface area is 77.1 Å². The summed E-state index contributed by atoms with van der Waals surface area (Å²) in [6.07, 6.45) is 0. The van der Waals surface area contributed by atoms with Gasteiger partial charge in [-0.2, -0.15) is 0 Å². The van der Waals surface area contributed by atoms with Crippen LogP contribution in [0, 0.1) is 0 Å². The second-order valence-corrected chi connectivity index (χ2v) is 3.44. The number of benzene rings is 1. The molecule has 1 aromatic heterocycles. The summed E-state index contributed by atoms with van der Waals surface area (Å²) < 4.78 is 6.15. The summed E-state index contributed by atoms with van der Waals surface area (Å²) in [5, 5.41) is 1.44. The van der Waals surface area contributed by atoms with E-state index in [1.54, 1.807) is 6.07 Å². The Balaban J connectivity index is 2.90. The van der Waals surface area contributed by atoms with E-state index in [2.05, 4.69) is 15.9 Å². The molecule has 0 atom stereocenters. The van der Waals surface area contributed by atoms with Crippen LogP contribution in [0.25, 0.3) is 11.0 Å². The Morgan fingerprint density at radius 2 is 2.18 bits per heavy atom. The maximum atomic E-state index is 5.67. The molecule has 2 aromatic rings. The summed E-state index contributed by atoms with van der Waals surface area (Å²) in [6, 6.07) is 7.61. The highest BCUT2D eigenvalue weighted by molar-refractivity contribution is 9.10. The van der Waals surface area contributed by atoms with E-state index >= 15 is 0 Å². The largest absolute Gasteiger partial charge is 0.444 e. The molecular formula is C8H4BrClO. The summed E-state index contributed by atoms with van der Waals surface area (Å²) in [5.41, 5.74) is 0.803. The molecule has 0 aliphatic rings. The van der Waals surface area contributed by atoms with Gasteiger partial charge in [-0.05, 0) is 33.6 Å². The summed E-state index contributed by atoms with van der Waals surface area (Å²) >= 11 is 9.03. The molecule has 56 valence electrons. The first-order valence-electron chi connectivity index (χ1n) is 3.11. The fraction of sp³-hybridized carbons (Fsp3) is 0. The van der Waals surface area contributed by atoms with E-state index in [1.165, 1.54) is 0 Å². The molecule has 1 aromatic carbocycles. The van der Waals surface area contributed by atoms with Gasteiger partial charge in [-0.15, -0.1) is 0 Å². The van der Waals surface area contributed by atoms with Gasteiger partial charge in [0.25, 0.3) is 0 Å². The second kappa shape index (κ2) is 2.54. The number of furan rings is 1. The lowest BCUT2D eigenvalue weighted by atomic mass is 10.3. The predicted molar refractivity (Wildman–Crippen MR) is 48.9 cm³/mol. The third-order valence-corrected chi connectivity index (χ3v) is 2.28. The van der Waals surface area contributed by atoms with Crippen LogP contribution in [0.1, 0.15) is 0 Å². The lowest BCUT2D eigenvalue weighted by molar-refractivity contribution is 0.616. The minimum absolute atomic E-state index is 0.423. The Morgan fingerprint density at radius 3 is 2.91 bits per heavy atom. The molecule has 0 spiro atoms. The van der Waals surface area contributed by atoms with E-state index in [0.717, 1.165) is 15.4 Å². The Bertz CT molecular complexity index is 394. The highest BCUT2D eigenvalue weighted by Gasteiger charge is 2.03. The van der Waals surface area contributed by atoms with Gasteiger partial charge in [-0.1, -0.05) is 12.1 Å². The van der Waals surface area contributed by atoms with Crippen molar-refractivity contribution in [3.8, 4) is 0 Å². The van der Waals surface area contributed by atoms with Crippen LogP contribution >= 0.6 is 27.5 Å². The van der Waals surface area contributed by atoms with Crippen LogP contribution < -0.4 is 0 Å². The van der Waals surface area contributed by atoms with Crippen molar-refractivity contribution in [3.63, 3.8) is 0 Å². The number of para-hydroxylation sites is 1. The van der Waals surface area contributed by atoms with E-state index in [1.807, 2.05) is 18.2 Å². The summed E-state index contributed by atoms with van der Waals surface area (Å²) in [5.74, 6) is 0. The Kier molecular flexibility index (Phi) is 1.66. The van der Waals surface area contributed by atoms with Gasteiger partial charge in [0.05, 0.1) is 4.47 Å². The molecule has 1 heterocycles. The molecule has 11 heavy (non-hydrogen) atoms. The average molecular weight is 231 g/mol. The zero-order chi connectivity index (χ0) is 7.84. The normalized spacial score (nSPS) is 10.7. The molecule has 0 aliphatic heterocycles. The molecule has 0 unspecified atom stereocenters. The van der Waals surface area contributed by atoms with E-state index in [0.29, 0.717) is 5.22 Å². The van der Waals surface area contributed by atoms with Gasteiger partial charge < -0.3 is 4.42 Å². The van der Waals surface area contributed by atoms with Gasteiger partial charge in [0.1, 0.15) is 5.58 Å². The number of rotatable bonds is 0. The highest BCUT2D eigenvalue weighted by Crippen LogP contribution is 2.28. The number of hydrogen-bond donors (Lipinski definition) is 0. The predicted octanol–water partition coefficient (Wildman–Crippen LogP) is 3.85. The fourth-order valence-corrected chi connectivity index (χ4v) is 1.65. The van der Waals surface area contributed by atoms with Crippen LogP contribution in [0.3, 0.4) is 0 Å². The van der Waals surface area contributed by atoms with E-state index < -0.39 is 0 Å². The number of hydrogen-bond acceptors (Lipinski definition) is 1. The van der Waals surface area contributed by atoms with Gasteiger partial charge in [0, 0.05) is 11.5 Å². The first kappa shape index (κ1) is 7.19. The van der Waals surface area contributed by atoms with Crippen molar-refractivity contribution in [1.29, 1.82) is 0 Å². The van der Waals surface area contributed by atoms with Crippen molar-refractivity contribution in [3.05, 3.63) is 34.0 Å². The molecule has 1 nitrogen and oxygen atoms in total. The monoisotopic (exact) mass is 230 g/mol. The molecule has 2 rings (SSSR count). The van der Waals surface area contributed by atoms with Crippen LogP contribution in [-0.4, -0.2) is 0 Å². The van der Waals surface area contributed by atoms with Crippen LogP contribution in [0.5, 0.6) is 0 Å². The SMILES string of the molecule is Clc1cc2cccc(Br)c2o1. The van der Waals surface area contributed by atoms with E-state index in [-0.39, 0.29) is 0 Å². The lowest BCUT2D eigenvalue weighted by Crippen LogP contribution is -1.63. The topological polar surface area (TPSA) is 13.1 Å². The molecule has 0 saturated carbocycles. The van der Waals surface area contributed by atoms with Gasteiger partial charge >= 0.3 is 0 Å². The van der Waals surface area contributed by atoms with Gasteiger partial charge in [-0.3, -0.25) is 0 Å². The molecule has 3 heteroatoms. The summed E-state index contributed by atoms with van der Waals surface area (Å²) in [6.45, 7) is 0. The van der Waals surface area contributed by atoms with Crippen molar-refractivity contribution in [1.82, 2.24) is 0 Å². The minimum atomic E-state index is 0.423. The minimum Gasteiger partial charge on any atom is -0.444 e. The van der Waals surface area contributed by atoms with Crippen molar-refractivity contribution in [2.75, 3.05) is 0 Å². The van der Waals surface area contributed by atoms with Gasteiger partial charge in [-0.25, -0.2) is 0 Å². The van der Waals surface area contributed by atoms with E-state index in [4.69, 9.17) is 16.0 Å². The van der Waals surface area contributed by atoms with E-state index in [9.17, 15) is 0 Å². The van der Waals surface area contributed by atoms with Gasteiger partial charge in [0.2, 0.25) is 0 Å². The molecule has 0 radical (unpaired) electrons. The standard InChI is InChI=1S/C8H4BrClO/c9-6-3-1-2-5-4-7(10)11-8(5)6/h1-4H. The number of halogens is 2. The average Bonchev–Trinajstić information content (AvgIpc) is 2.31.